The molecule has 0 spiro atoms. The first-order chi connectivity index (χ1) is 18.4. The van der Waals surface area contributed by atoms with Crippen LogP contribution in [-0.2, 0) is 9.59 Å². The van der Waals surface area contributed by atoms with E-state index in [0.29, 0.717) is 16.6 Å². The molecule has 39 heavy (non-hydrogen) atoms. The molecule has 0 heterocycles. The summed E-state index contributed by atoms with van der Waals surface area (Å²) in [5.74, 6) is -8.21. The van der Waals surface area contributed by atoms with Crippen LogP contribution in [0.25, 0.3) is 0 Å². The van der Waals surface area contributed by atoms with Crippen LogP contribution >= 0.6 is 11.8 Å². The second kappa shape index (κ2) is 9.96. The molecule has 0 aromatic heterocycles. The fourth-order valence-electron chi connectivity index (χ4n) is 7.07. The Kier molecular flexibility index (Phi) is 7.07. The number of thioether (sulfide) groups is 1. The van der Waals surface area contributed by atoms with Crippen molar-refractivity contribution in [2.24, 2.45) is 17.6 Å². The fraction of sp³-hybridized carbons (Fsp3) is 0.536. The van der Waals surface area contributed by atoms with Crippen molar-refractivity contribution in [3.05, 3.63) is 52.0 Å². The summed E-state index contributed by atoms with van der Waals surface area (Å²) in [7, 11) is 3.04. The molecule has 1 aromatic rings. The van der Waals surface area contributed by atoms with Gasteiger partial charge in [0.15, 0.2) is 11.4 Å². The highest BCUT2D eigenvalue weighted by Gasteiger charge is 2.67. The number of amides is 1. The average molecular weight is 559 g/mol. The highest BCUT2D eigenvalue weighted by molar-refractivity contribution is 7.99. The lowest BCUT2D eigenvalue weighted by atomic mass is 9.55. The van der Waals surface area contributed by atoms with Gasteiger partial charge in [-0.05, 0) is 38.6 Å². The van der Waals surface area contributed by atoms with E-state index in [9.17, 15) is 39.9 Å². The smallest absolute Gasteiger partial charge is 0.255 e. The standard InChI is InChI=1S/C28H34N2O8S/c1-30(2)21-20-23(33)17-14(11-39-12-7-4-3-5-8-12)13-9-6-10-15(31)16(13)22(32)18(17)25(35)28(20,38)26(36)19(24(21)34)27(29)37/h6,9-10,12,14,17,20-21,23,31,33-35,38H,3-5,7-8,11H2,1-2H3,(H2,29,37)/t14-,17+,20+,21-,23-,28-/m0/s1. The number of hydrogen-bond acceptors (Lipinski definition) is 10. The number of aromatic hydroxyl groups is 1. The number of nitrogens with two attached hydrogens (primary N) is 1. The van der Waals surface area contributed by atoms with E-state index in [1.807, 2.05) is 0 Å². The molecule has 5 rings (SSSR count). The number of benzene rings is 1. The summed E-state index contributed by atoms with van der Waals surface area (Å²) in [6.45, 7) is 0. The first-order valence-electron chi connectivity index (χ1n) is 13.2. The molecule has 4 aliphatic carbocycles. The number of rotatable bonds is 5. The number of hydrogen-bond donors (Lipinski definition) is 6. The van der Waals surface area contributed by atoms with Crippen LogP contribution in [0.3, 0.4) is 0 Å². The van der Waals surface area contributed by atoms with E-state index in [2.05, 4.69) is 0 Å². The number of carbonyl (C=O) groups excluding carboxylic acids is 3. The molecule has 1 aromatic carbocycles. The third-order valence-electron chi connectivity index (χ3n) is 8.86. The van der Waals surface area contributed by atoms with Gasteiger partial charge in [-0.1, -0.05) is 31.4 Å². The van der Waals surface area contributed by atoms with Crippen LogP contribution in [0.15, 0.2) is 40.9 Å². The van der Waals surface area contributed by atoms with Gasteiger partial charge in [-0.3, -0.25) is 19.3 Å². The van der Waals surface area contributed by atoms with Crippen LogP contribution in [0.5, 0.6) is 5.75 Å². The van der Waals surface area contributed by atoms with Crippen molar-refractivity contribution in [1.29, 1.82) is 0 Å². The number of aliphatic hydroxyl groups is 4. The molecule has 0 radical (unpaired) electrons. The van der Waals surface area contributed by atoms with Gasteiger partial charge >= 0.3 is 0 Å². The highest BCUT2D eigenvalue weighted by atomic mass is 32.2. The van der Waals surface area contributed by atoms with Crippen molar-refractivity contribution < 1.29 is 39.9 Å². The van der Waals surface area contributed by atoms with Gasteiger partial charge in [0.1, 0.15) is 22.8 Å². The van der Waals surface area contributed by atoms with Crippen LogP contribution in [0, 0.1) is 11.8 Å². The normalized spacial score (nSPS) is 33.2. The van der Waals surface area contributed by atoms with Gasteiger partial charge < -0.3 is 31.3 Å². The minimum atomic E-state index is -2.91. The highest BCUT2D eigenvalue weighted by Crippen LogP contribution is 2.56. The number of Topliss-reactive ketones (excluding diaryl/α,β-unsaturated/α-hetero) is 2. The second-order valence-electron chi connectivity index (χ2n) is 11.2. The third kappa shape index (κ3) is 4.01. The molecule has 0 aliphatic heterocycles. The zero-order chi connectivity index (χ0) is 28.4. The minimum absolute atomic E-state index is 0.0558. The summed E-state index contributed by atoms with van der Waals surface area (Å²) in [6.07, 6.45) is 3.90. The Morgan fingerprint density at radius 3 is 2.41 bits per heavy atom. The maximum atomic E-state index is 13.8. The van der Waals surface area contributed by atoms with E-state index >= 15 is 0 Å². The van der Waals surface area contributed by atoms with Gasteiger partial charge in [-0.25, -0.2) is 0 Å². The third-order valence-corrected chi connectivity index (χ3v) is 10.4. The predicted molar refractivity (Wildman–Crippen MR) is 143 cm³/mol. The molecule has 10 nitrogen and oxygen atoms in total. The summed E-state index contributed by atoms with van der Waals surface area (Å²) in [5, 5.41) is 57.4. The van der Waals surface area contributed by atoms with Crippen LogP contribution in [-0.4, -0.2) is 90.8 Å². The van der Waals surface area contributed by atoms with E-state index in [0.717, 1.165) is 25.7 Å². The molecule has 6 atom stereocenters. The van der Waals surface area contributed by atoms with E-state index in [4.69, 9.17) is 5.73 Å². The molecule has 1 amide bonds. The zero-order valence-corrected chi connectivity index (χ0v) is 22.6. The molecule has 0 bridgehead atoms. The Labute approximate surface area is 230 Å². The van der Waals surface area contributed by atoms with Crippen molar-refractivity contribution in [2.75, 3.05) is 19.8 Å². The summed E-state index contributed by atoms with van der Waals surface area (Å²) in [4.78, 5) is 40.9. The molecule has 1 saturated carbocycles. The number of likely N-dealkylation sites (N-methyl/N-ethyl adjacent to an activating group) is 1. The van der Waals surface area contributed by atoms with Crippen molar-refractivity contribution >= 4 is 29.2 Å². The van der Waals surface area contributed by atoms with Gasteiger partial charge in [0, 0.05) is 28.4 Å². The summed E-state index contributed by atoms with van der Waals surface area (Å²) < 4.78 is 0. The number of primary amides is 1. The molecule has 1 fully saturated rings. The maximum absolute atomic E-state index is 13.8. The van der Waals surface area contributed by atoms with Crippen molar-refractivity contribution in [3.8, 4) is 5.75 Å². The van der Waals surface area contributed by atoms with Gasteiger partial charge in [0.25, 0.3) is 5.91 Å². The Bertz CT molecular complexity index is 1300. The first kappa shape index (κ1) is 27.7. The molecule has 11 heteroatoms. The molecule has 4 aliphatic rings. The van der Waals surface area contributed by atoms with Crippen molar-refractivity contribution in [1.82, 2.24) is 4.90 Å². The minimum Gasteiger partial charge on any atom is -0.510 e. The maximum Gasteiger partial charge on any atom is 0.255 e. The van der Waals surface area contributed by atoms with E-state index < -0.39 is 70.1 Å². The monoisotopic (exact) mass is 558 g/mol. The summed E-state index contributed by atoms with van der Waals surface area (Å²) in [6, 6.07) is 3.39. The number of phenolic OH excluding ortho intramolecular Hbond substituents is 1. The lowest BCUT2D eigenvalue weighted by Crippen LogP contribution is -2.68. The molecule has 7 N–H and O–H groups in total. The van der Waals surface area contributed by atoms with Crippen molar-refractivity contribution in [3.63, 3.8) is 0 Å². The van der Waals surface area contributed by atoms with Crippen molar-refractivity contribution in [2.45, 2.75) is 61.0 Å². The summed E-state index contributed by atoms with van der Waals surface area (Å²) in [5.41, 5.74) is 1.65. The predicted octanol–water partition coefficient (Wildman–Crippen LogP) is 1.70. The Morgan fingerprint density at radius 1 is 1.13 bits per heavy atom. The SMILES string of the molecule is CN(C)[C@@H]1C(O)=C(C(N)=O)C(=O)[C@@]2(O)C(O)=C3C(=O)c4c(O)cccc4[C@H](CSC4CCCCC4)[C@H]3[C@H](O)[C@@H]12. The molecule has 210 valence electrons. The number of fused-ring (bicyclic) bond motifs is 3. The number of aliphatic hydroxyl groups excluding tert-OH is 3. The van der Waals surface area contributed by atoms with E-state index in [1.54, 1.807) is 23.9 Å². The molecular weight excluding hydrogens is 524 g/mol. The number of carbonyl (C=O) groups is 3. The van der Waals surface area contributed by atoms with Gasteiger partial charge in [-0.15, -0.1) is 0 Å². The topological polar surface area (TPSA) is 182 Å². The summed E-state index contributed by atoms with van der Waals surface area (Å²) >= 11 is 1.71. The average Bonchev–Trinajstić information content (AvgIpc) is 2.88. The quantitative estimate of drug-likeness (QED) is 0.291. The first-order valence-corrected chi connectivity index (χ1v) is 14.2. The zero-order valence-electron chi connectivity index (χ0n) is 21.8. The van der Waals surface area contributed by atoms with Crippen LogP contribution < -0.4 is 5.73 Å². The van der Waals surface area contributed by atoms with Crippen LogP contribution in [0.2, 0.25) is 0 Å². The Morgan fingerprint density at radius 2 is 1.79 bits per heavy atom. The number of nitrogens with zero attached hydrogens (tertiary/aromatic N) is 1. The van der Waals surface area contributed by atoms with Crippen LogP contribution in [0.1, 0.15) is 53.9 Å². The molecule has 0 saturated heterocycles. The lowest BCUT2D eigenvalue weighted by Gasteiger charge is -2.53. The van der Waals surface area contributed by atoms with E-state index in [-0.39, 0.29) is 16.9 Å². The molecule has 0 unspecified atom stereocenters. The largest absolute Gasteiger partial charge is 0.510 e. The van der Waals surface area contributed by atoms with Gasteiger partial charge in [-0.2, -0.15) is 11.8 Å². The van der Waals surface area contributed by atoms with Crippen LogP contribution in [0.4, 0.5) is 0 Å². The van der Waals surface area contributed by atoms with Gasteiger partial charge in [0.2, 0.25) is 5.78 Å². The number of ketones is 2. The van der Waals surface area contributed by atoms with E-state index in [1.165, 1.54) is 31.5 Å². The fourth-order valence-corrected chi connectivity index (χ4v) is 8.60. The molecular formula is C28H34N2O8S. The second-order valence-corrected chi connectivity index (χ2v) is 12.5. The number of phenols is 1. The van der Waals surface area contributed by atoms with Gasteiger partial charge in [0.05, 0.1) is 23.6 Å². The lowest BCUT2D eigenvalue weighted by molar-refractivity contribution is -0.162. The Balaban J connectivity index is 1.71. The Hall–Kier alpha value is -2.86.